The van der Waals surface area contributed by atoms with Gasteiger partial charge in [0, 0.05) is 0 Å². The quantitative estimate of drug-likeness (QED) is 0.870. The summed E-state index contributed by atoms with van der Waals surface area (Å²) < 4.78 is 1.06. The Kier molecular flexibility index (Phi) is 5.30. The first-order chi connectivity index (χ1) is 7.54. The van der Waals surface area contributed by atoms with Gasteiger partial charge >= 0.3 is 0 Å². The molecule has 0 aliphatic carbocycles. The lowest BCUT2D eigenvalue weighted by Gasteiger charge is -2.11. The number of amides is 1. The summed E-state index contributed by atoms with van der Waals surface area (Å²) in [7, 11) is 0. The van der Waals surface area contributed by atoms with Crippen LogP contribution in [0.15, 0.2) is 15.4 Å². The zero-order chi connectivity index (χ0) is 12.1. The van der Waals surface area contributed by atoms with Crippen LogP contribution in [-0.4, -0.2) is 21.9 Å². The van der Waals surface area contributed by atoms with E-state index in [2.05, 4.69) is 47.1 Å². The van der Waals surface area contributed by atoms with E-state index in [1.165, 1.54) is 6.20 Å². The molecular formula is C9H12Br2N4O. The second-order valence-corrected chi connectivity index (χ2v) is 4.78. The number of nitrogens with one attached hydrogen (secondary N) is 1. The molecule has 1 amide bonds. The maximum atomic E-state index is 11.6. The van der Waals surface area contributed by atoms with Crippen molar-refractivity contribution in [3.05, 3.63) is 15.4 Å². The molecule has 0 radical (unpaired) electrons. The van der Waals surface area contributed by atoms with Crippen LogP contribution in [0.5, 0.6) is 0 Å². The molecule has 1 aromatic heterocycles. The highest BCUT2D eigenvalue weighted by Gasteiger charge is 2.14. The van der Waals surface area contributed by atoms with Crippen LogP contribution in [0.1, 0.15) is 19.8 Å². The van der Waals surface area contributed by atoms with Crippen LogP contribution in [0.25, 0.3) is 0 Å². The van der Waals surface area contributed by atoms with Crippen LogP contribution >= 0.6 is 31.9 Å². The lowest BCUT2D eigenvalue weighted by Crippen LogP contribution is -2.35. The van der Waals surface area contributed by atoms with Crippen molar-refractivity contribution in [3.8, 4) is 0 Å². The highest BCUT2D eigenvalue weighted by atomic mass is 79.9. The molecule has 0 aliphatic heterocycles. The predicted molar refractivity (Wildman–Crippen MR) is 68.9 cm³/mol. The second kappa shape index (κ2) is 6.27. The molecule has 3 N–H and O–H groups in total. The van der Waals surface area contributed by atoms with Gasteiger partial charge in [0.1, 0.15) is 9.21 Å². The van der Waals surface area contributed by atoms with Crippen molar-refractivity contribution in [3.63, 3.8) is 0 Å². The molecule has 0 saturated carbocycles. The van der Waals surface area contributed by atoms with Gasteiger partial charge in [0.15, 0.2) is 5.82 Å². The van der Waals surface area contributed by atoms with Crippen LogP contribution in [0.3, 0.4) is 0 Å². The van der Waals surface area contributed by atoms with E-state index >= 15 is 0 Å². The van der Waals surface area contributed by atoms with Crippen molar-refractivity contribution in [2.75, 3.05) is 5.32 Å². The van der Waals surface area contributed by atoms with Gasteiger partial charge < -0.3 is 11.1 Å². The molecule has 16 heavy (non-hydrogen) atoms. The fourth-order valence-electron chi connectivity index (χ4n) is 1.08. The summed E-state index contributed by atoms with van der Waals surface area (Å²) in [5, 5.41) is 2.62. The van der Waals surface area contributed by atoms with Crippen molar-refractivity contribution >= 4 is 43.6 Å². The van der Waals surface area contributed by atoms with Gasteiger partial charge in [-0.1, -0.05) is 13.3 Å². The summed E-state index contributed by atoms with van der Waals surface area (Å²) in [6.07, 6.45) is 3.01. The third-order valence-electron chi connectivity index (χ3n) is 1.88. The monoisotopic (exact) mass is 350 g/mol. The highest BCUT2D eigenvalue weighted by Crippen LogP contribution is 2.19. The number of hydrogen-bond donors (Lipinski definition) is 2. The first-order valence-corrected chi connectivity index (χ1v) is 6.37. The summed E-state index contributed by atoms with van der Waals surface area (Å²) in [5.41, 5.74) is 5.67. The Morgan fingerprint density at radius 2 is 2.31 bits per heavy atom. The van der Waals surface area contributed by atoms with Crippen molar-refractivity contribution < 1.29 is 4.79 Å². The molecule has 1 heterocycles. The van der Waals surface area contributed by atoms with Gasteiger partial charge in [0.25, 0.3) is 0 Å². The first-order valence-electron chi connectivity index (χ1n) is 4.79. The summed E-state index contributed by atoms with van der Waals surface area (Å²) in [6.45, 7) is 1.97. The zero-order valence-electron chi connectivity index (χ0n) is 8.70. The third kappa shape index (κ3) is 3.80. The highest BCUT2D eigenvalue weighted by molar-refractivity contribution is 9.11. The molecule has 0 aliphatic rings. The maximum Gasteiger partial charge on any atom is 0.242 e. The molecule has 88 valence electrons. The average Bonchev–Trinajstić information content (AvgIpc) is 2.22. The number of rotatable bonds is 4. The topological polar surface area (TPSA) is 80.9 Å². The Labute approximate surface area is 110 Å². The van der Waals surface area contributed by atoms with Crippen molar-refractivity contribution in [2.24, 2.45) is 5.73 Å². The molecule has 0 spiro atoms. The number of nitrogens with two attached hydrogens (primary N) is 1. The largest absolute Gasteiger partial charge is 0.320 e. The Morgan fingerprint density at radius 3 is 2.88 bits per heavy atom. The van der Waals surface area contributed by atoms with Gasteiger partial charge in [-0.15, -0.1) is 0 Å². The van der Waals surface area contributed by atoms with Gasteiger partial charge in [-0.05, 0) is 38.3 Å². The standard InChI is InChI=1S/C9H12Br2N4O/c1-2-3-5(12)9(16)15-8-7(11)14-6(10)4-13-8/h4-5H,2-3,12H2,1H3,(H,13,15,16)/t5-/m1/s1. The summed E-state index contributed by atoms with van der Waals surface area (Å²) in [5.74, 6) is 0.124. The number of anilines is 1. The fourth-order valence-corrected chi connectivity index (χ4v) is 1.99. The smallest absolute Gasteiger partial charge is 0.242 e. The Morgan fingerprint density at radius 1 is 1.62 bits per heavy atom. The van der Waals surface area contributed by atoms with Gasteiger partial charge in [0.2, 0.25) is 5.91 Å². The normalized spacial score (nSPS) is 12.2. The number of hydrogen-bond acceptors (Lipinski definition) is 4. The molecule has 5 nitrogen and oxygen atoms in total. The fraction of sp³-hybridized carbons (Fsp3) is 0.444. The van der Waals surface area contributed by atoms with Gasteiger partial charge in [-0.2, -0.15) is 0 Å². The molecule has 1 rings (SSSR count). The molecule has 1 aromatic rings. The van der Waals surface area contributed by atoms with Crippen molar-refractivity contribution in [2.45, 2.75) is 25.8 Å². The number of aromatic nitrogens is 2. The van der Waals surface area contributed by atoms with E-state index in [9.17, 15) is 4.79 Å². The van der Waals surface area contributed by atoms with E-state index in [0.29, 0.717) is 21.4 Å². The molecule has 0 bridgehead atoms. The molecule has 0 fully saturated rings. The second-order valence-electron chi connectivity index (χ2n) is 3.22. The number of carbonyl (C=O) groups excluding carboxylic acids is 1. The molecule has 0 unspecified atom stereocenters. The zero-order valence-corrected chi connectivity index (χ0v) is 11.9. The molecular weight excluding hydrogens is 340 g/mol. The van der Waals surface area contributed by atoms with E-state index in [1.54, 1.807) is 0 Å². The van der Waals surface area contributed by atoms with E-state index in [-0.39, 0.29) is 5.91 Å². The number of carbonyl (C=O) groups is 1. The lowest BCUT2D eigenvalue weighted by atomic mass is 10.2. The SMILES string of the molecule is CCC[C@@H](N)C(=O)Nc1ncc(Br)nc1Br. The molecule has 0 aromatic carbocycles. The van der Waals surface area contributed by atoms with E-state index < -0.39 is 6.04 Å². The summed E-state index contributed by atoms with van der Waals surface area (Å²) >= 11 is 6.38. The molecule has 7 heteroatoms. The minimum absolute atomic E-state index is 0.251. The Hall–Kier alpha value is -0.530. The first kappa shape index (κ1) is 13.5. The summed E-state index contributed by atoms with van der Waals surface area (Å²) in [4.78, 5) is 19.7. The molecule has 1 atom stereocenters. The van der Waals surface area contributed by atoms with Crippen LogP contribution < -0.4 is 11.1 Å². The molecule has 0 saturated heterocycles. The van der Waals surface area contributed by atoms with E-state index in [0.717, 1.165) is 6.42 Å². The van der Waals surface area contributed by atoms with Crippen LogP contribution in [-0.2, 0) is 4.79 Å². The number of nitrogens with zero attached hydrogens (tertiary/aromatic N) is 2. The van der Waals surface area contributed by atoms with Crippen molar-refractivity contribution in [1.82, 2.24) is 9.97 Å². The third-order valence-corrected chi connectivity index (χ3v) is 2.81. The van der Waals surface area contributed by atoms with Crippen molar-refractivity contribution in [1.29, 1.82) is 0 Å². The van der Waals surface area contributed by atoms with Gasteiger partial charge in [-0.3, -0.25) is 4.79 Å². The van der Waals surface area contributed by atoms with Crippen LogP contribution in [0, 0.1) is 0 Å². The van der Waals surface area contributed by atoms with Crippen LogP contribution in [0.2, 0.25) is 0 Å². The van der Waals surface area contributed by atoms with E-state index in [1.807, 2.05) is 6.92 Å². The van der Waals surface area contributed by atoms with E-state index in [4.69, 9.17) is 5.73 Å². The van der Waals surface area contributed by atoms with Gasteiger partial charge in [-0.25, -0.2) is 9.97 Å². The van der Waals surface area contributed by atoms with Crippen LogP contribution in [0.4, 0.5) is 5.82 Å². The number of halogens is 2. The minimum Gasteiger partial charge on any atom is -0.320 e. The summed E-state index contributed by atoms with van der Waals surface area (Å²) in [6, 6.07) is -0.512. The average molecular weight is 352 g/mol. The Balaban J connectivity index is 2.69. The lowest BCUT2D eigenvalue weighted by molar-refractivity contribution is -0.117. The maximum absolute atomic E-state index is 11.6. The van der Waals surface area contributed by atoms with Gasteiger partial charge in [0.05, 0.1) is 12.2 Å². The minimum atomic E-state index is -0.512. The predicted octanol–water partition coefficient (Wildman–Crippen LogP) is 2.07. The Bertz CT molecular complexity index is 386.